The van der Waals surface area contributed by atoms with Crippen molar-refractivity contribution in [2.24, 2.45) is 0 Å². The molecule has 0 unspecified atom stereocenters. The quantitative estimate of drug-likeness (QED) is 0.346. The van der Waals surface area contributed by atoms with Gasteiger partial charge in [0, 0.05) is 5.56 Å². The minimum Gasteiger partial charge on any atom is -0.208 e. The Morgan fingerprint density at radius 3 is 2.70 bits per heavy atom. The lowest BCUT2D eigenvalue weighted by Crippen LogP contribution is -2.07. The molecule has 0 aromatic heterocycles. The molecule has 0 amide bonds. The number of terminal acetylenes is 1. The molecule has 0 radical (unpaired) electrons. The van der Waals surface area contributed by atoms with Gasteiger partial charge in [0.2, 0.25) is 0 Å². The van der Waals surface area contributed by atoms with E-state index in [0.29, 0.717) is 11.0 Å². The van der Waals surface area contributed by atoms with Crippen LogP contribution in [0.4, 0.5) is 4.39 Å². The van der Waals surface area contributed by atoms with Crippen LogP contribution in [0.2, 0.25) is 0 Å². The fraction of sp³-hybridized carbons (Fsp3) is 0. The molecule has 0 saturated carbocycles. The summed E-state index contributed by atoms with van der Waals surface area (Å²) in [5.74, 6) is 2.11. The summed E-state index contributed by atoms with van der Waals surface area (Å²) in [6, 6.07) is 4.75. The predicted molar refractivity (Wildman–Crippen MR) is 42.5 cm³/mol. The van der Waals surface area contributed by atoms with Crippen molar-refractivity contribution in [3.8, 4) is 12.3 Å². The molecule has 0 N–H and O–H groups in total. The van der Waals surface area contributed by atoms with Crippen LogP contribution in [0.25, 0.3) is 0 Å². The van der Waals surface area contributed by atoms with E-state index >= 15 is 0 Å². The third-order valence-electron chi connectivity index (χ3n) is 1.34. The summed E-state index contributed by atoms with van der Waals surface area (Å²) >= 11 is 0. The van der Waals surface area contributed by atoms with Gasteiger partial charge in [0.1, 0.15) is 13.7 Å². The second-order valence-electron chi connectivity index (χ2n) is 2.11. The fourth-order valence-electron chi connectivity index (χ4n) is 0.683. The molecule has 0 saturated heterocycles. The van der Waals surface area contributed by atoms with Crippen LogP contribution in [0.3, 0.4) is 0 Å². The summed E-state index contributed by atoms with van der Waals surface area (Å²) in [5, 5.41) is 0. The molecule has 0 heterocycles. The van der Waals surface area contributed by atoms with E-state index in [1.165, 1.54) is 6.07 Å². The van der Waals surface area contributed by atoms with Gasteiger partial charge in [-0.25, -0.2) is 4.39 Å². The summed E-state index contributed by atoms with van der Waals surface area (Å²) in [4.78, 5) is 0. The zero-order valence-corrected chi connectivity index (χ0v) is 5.69. The normalized spacial score (nSPS) is 8.80. The number of rotatable bonds is 0. The van der Waals surface area contributed by atoms with Crippen molar-refractivity contribution in [1.82, 2.24) is 0 Å². The second-order valence-corrected chi connectivity index (χ2v) is 2.11. The third-order valence-corrected chi connectivity index (χ3v) is 1.34. The Hall–Kier alpha value is -1.23. The minimum absolute atomic E-state index is 0.240. The molecular weight excluding hydrogens is 126 g/mol. The van der Waals surface area contributed by atoms with Gasteiger partial charge in [0.05, 0.1) is 0 Å². The van der Waals surface area contributed by atoms with Crippen LogP contribution < -0.4 is 5.46 Å². The topological polar surface area (TPSA) is 0 Å². The molecule has 48 valence electrons. The largest absolute Gasteiger partial charge is 0.208 e. The van der Waals surface area contributed by atoms with E-state index < -0.39 is 0 Å². The molecule has 0 aliphatic heterocycles. The van der Waals surface area contributed by atoms with Crippen molar-refractivity contribution < 1.29 is 4.39 Å². The molecule has 10 heavy (non-hydrogen) atoms. The number of halogens is 1. The van der Waals surface area contributed by atoms with Crippen molar-refractivity contribution in [3.63, 3.8) is 0 Å². The average molecular weight is 132 g/mol. The van der Waals surface area contributed by atoms with Crippen LogP contribution in [-0.2, 0) is 0 Å². The zero-order valence-electron chi connectivity index (χ0n) is 5.69. The highest BCUT2D eigenvalue weighted by Gasteiger charge is 1.94. The van der Waals surface area contributed by atoms with Crippen molar-refractivity contribution >= 4 is 13.3 Å². The number of hydrogen-bond acceptors (Lipinski definition) is 0. The molecule has 0 bridgehead atoms. The summed E-state index contributed by atoms with van der Waals surface area (Å²) in [7, 11) is 1.70. The first-order chi connectivity index (χ1) is 4.74. The summed E-state index contributed by atoms with van der Waals surface area (Å²) < 4.78 is 12.7. The van der Waals surface area contributed by atoms with Gasteiger partial charge in [-0.05, 0) is 12.1 Å². The van der Waals surface area contributed by atoms with Gasteiger partial charge in [0.15, 0.2) is 0 Å². The van der Waals surface area contributed by atoms with E-state index in [-0.39, 0.29) is 5.82 Å². The second kappa shape index (κ2) is 2.57. The smallest absolute Gasteiger partial charge is 0.143 e. The minimum atomic E-state index is -0.240. The Labute approximate surface area is 60.5 Å². The Kier molecular flexibility index (Phi) is 1.77. The van der Waals surface area contributed by atoms with Crippen LogP contribution in [0.5, 0.6) is 0 Å². The van der Waals surface area contributed by atoms with Gasteiger partial charge < -0.3 is 0 Å². The van der Waals surface area contributed by atoms with E-state index in [4.69, 9.17) is 6.42 Å². The van der Waals surface area contributed by atoms with Gasteiger partial charge in [-0.3, -0.25) is 0 Å². The van der Waals surface area contributed by atoms with Crippen LogP contribution >= 0.6 is 0 Å². The van der Waals surface area contributed by atoms with Crippen LogP contribution in [-0.4, -0.2) is 7.85 Å². The first-order valence-electron chi connectivity index (χ1n) is 2.97. The van der Waals surface area contributed by atoms with E-state index in [2.05, 4.69) is 5.92 Å². The molecule has 2 heteroatoms. The number of benzene rings is 1. The summed E-state index contributed by atoms with van der Waals surface area (Å²) in [6.07, 6.45) is 5.05. The monoisotopic (exact) mass is 132 g/mol. The van der Waals surface area contributed by atoms with Crippen LogP contribution in [0.15, 0.2) is 18.2 Å². The average Bonchev–Trinajstić information content (AvgIpc) is 1.95. The molecule has 0 aliphatic rings. The fourth-order valence-corrected chi connectivity index (χ4v) is 0.683. The van der Waals surface area contributed by atoms with Gasteiger partial charge in [-0.2, -0.15) is 0 Å². The molecule has 0 nitrogen and oxygen atoms in total. The van der Waals surface area contributed by atoms with Crippen molar-refractivity contribution in [1.29, 1.82) is 0 Å². The lowest BCUT2D eigenvalue weighted by molar-refractivity contribution is 0.635. The maximum absolute atomic E-state index is 12.7. The molecule has 1 rings (SSSR count). The summed E-state index contributed by atoms with van der Waals surface area (Å²) in [6.45, 7) is 0. The molecule has 0 spiro atoms. The highest BCUT2D eigenvalue weighted by Crippen LogP contribution is 1.97. The van der Waals surface area contributed by atoms with Crippen molar-refractivity contribution in [2.45, 2.75) is 0 Å². The van der Waals surface area contributed by atoms with E-state index in [0.717, 1.165) is 0 Å². The standard InChI is InChI=1S/C8H6BF/c1-2-6-3-4-7(9)8(10)5-6/h1,3-5H,9H2. The van der Waals surface area contributed by atoms with Crippen molar-refractivity contribution in [3.05, 3.63) is 29.6 Å². The lowest BCUT2D eigenvalue weighted by Gasteiger charge is -1.94. The summed E-state index contributed by atoms with van der Waals surface area (Å²) in [5.41, 5.74) is 1.21. The Morgan fingerprint density at radius 2 is 2.20 bits per heavy atom. The van der Waals surface area contributed by atoms with Gasteiger partial charge >= 0.3 is 0 Å². The van der Waals surface area contributed by atoms with E-state index in [1.807, 2.05) is 0 Å². The zero-order chi connectivity index (χ0) is 7.56. The molecule has 1 aromatic carbocycles. The lowest BCUT2D eigenvalue weighted by atomic mass is 9.94. The molecular formula is C8H6BF. The SMILES string of the molecule is Bc1ccc(C#C)cc1F. The van der Waals surface area contributed by atoms with Gasteiger partial charge in [-0.1, -0.05) is 17.4 Å². The Bertz CT molecular complexity index is 286. The van der Waals surface area contributed by atoms with Gasteiger partial charge in [-0.15, -0.1) is 6.42 Å². The van der Waals surface area contributed by atoms with Crippen LogP contribution in [0.1, 0.15) is 5.56 Å². The molecule has 0 aliphatic carbocycles. The first kappa shape index (κ1) is 6.89. The maximum atomic E-state index is 12.7. The van der Waals surface area contributed by atoms with Crippen molar-refractivity contribution in [2.75, 3.05) is 0 Å². The van der Waals surface area contributed by atoms with E-state index in [9.17, 15) is 4.39 Å². The highest BCUT2D eigenvalue weighted by atomic mass is 19.1. The maximum Gasteiger partial charge on any atom is 0.143 e. The molecule has 0 fully saturated rings. The predicted octanol–water partition coefficient (Wildman–Crippen LogP) is 0.0654. The van der Waals surface area contributed by atoms with Gasteiger partial charge in [0.25, 0.3) is 0 Å². The van der Waals surface area contributed by atoms with Crippen LogP contribution in [0, 0.1) is 18.2 Å². The third kappa shape index (κ3) is 1.19. The Morgan fingerprint density at radius 1 is 1.50 bits per heavy atom. The van der Waals surface area contributed by atoms with E-state index in [1.54, 1.807) is 20.0 Å². The highest BCUT2D eigenvalue weighted by molar-refractivity contribution is 6.32. The first-order valence-corrected chi connectivity index (χ1v) is 2.97. The number of hydrogen-bond donors (Lipinski definition) is 0. The molecule has 1 aromatic rings. The Balaban J connectivity index is 3.20. The molecule has 0 atom stereocenters.